The molecule has 0 aromatic heterocycles. The van der Waals surface area contributed by atoms with Crippen molar-refractivity contribution in [3.8, 4) is 0 Å². The molecule has 0 spiro atoms. The molecule has 1 aliphatic carbocycles. The van der Waals surface area contributed by atoms with Gasteiger partial charge < -0.3 is 0 Å². The molecular weight excluding hydrogens is 224 g/mol. The van der Waals surface area contributed by atoms with Crippen molar-refractivity contribution in [3.63, 3.8) is 0 Å². The average Bonchev–Trinajstić information content (AvgIpc) is 2.26. The van der Waals surface area contributed by atoms with E-state index in [0.29, 0.717) is 5.92 Å². The van der Waals surface area contributed by atoms with Gasteiger partial charge in [-0.25, -0.2) is 13.6 Å². The maximum Gasteiger partial charge on any atom is 0.213 e. The van der Waals surface area contributed by atoms with Crippen LogP contribution in [-0.4, -0.2) is 37.7 Å². The van der Waals surface area contributed by atoms with E-state index in [2.05, 4.69) is 11.8 Å². The smallest absolute Gasteiger partial charge is 0.213 e. The van der Waals surface area contributed by atoms with E-state index in [1.807, 2.05) is 0 Å². The first kappa shape index (κ1) is 12.3. The Labute approximate surface area is 98.2 Å². The molecule has 1 heterocycles. The van der Waals surface area contributed by atoms with Crippen molar-refractivity contribution in [2.45, 2.75) is 50.3 Å². The van der Waals surface area contributed by atoms with Crippen LogP contribution in [-0.2, 0) is 10.0 Å². The minimum atomic E-state index is -3.38. The van der Waals surface area contributed by atoms with Gasteiger partial charge in [0.1, 0.15) is 0 Å². The van der Waals surface area contributed by atoms with Crippen LogP contribution in [0.4, 0.5) is 0 Å². The first-order chi connectivity index (χ1) is 7.54. The molecule has 16 heavy (non-hydrogen) atoms. The van der Waals surface area contributed by atoms with E-state index in [1.165, 1.54) is 19.3 Å². The van der Waals surface area contributed by atoms with Crippen molar-refractivity contribution in [2.24, 2.45) is 11.1 Å². The molecule has 2 rings (SSSR count). The van der Waals surface area contributed by atoms with Crippen LogP contribution in [0.3, 0.4) is 0 Å². The van der Waals surface area contributed by atoms with E-state index >= 15 is 0 Å². The fourth-order valence-corrected chi connectivity index (χ4v) is 4.79. The highest BCUT2D eigenvalue weighted by atomic mass is 32.2. The first-order valence-electron chi connectivity index (χ1n) is 6.29. The standard InChI is InChI=1S/C11H22N2O2S/c1-2-13-8-4-6-9-5-3-7-10(11(9)13)16(12,14)15/h9-11H,2-8H2,1H3,(H2,12,14,15)/t9-,10+,11+/m0/s1. The van der Waals surface area contributed by atoms with Crippen molar-refractivity contribution in [3.05, 3.63) is 0 Å². The van der Waals surface area contributed by atoms with Gasteiger partial charge in [-0.1, -0.05) is 13.3 Å². The number of hydrogen-bond acceptors (Lipinski definition) is 3. The van der Waals surface area contributed by atoms with Gasteiger partial charge in [0.25, 0.3) is 0 Å². The molecule has 0 aromatic rings. The van der Waals surface area contributed by atoms with E-state index < -0.39 is 10.0 Å². The Hall–Kier alpha value is -0.130. The highest BCUT2D eigenvalue weighted by Crippen LogP contribution is 2.37. The maximum absolute atomic E-state index is 11.7. The normalized spacial score (nSPS) is 37.0. The van der Waals surface area contributed by atoms with Gasteiger partial charge >= 0.3 is 0 Å². The fourth-order valence-electron chi connectivity index (χ4n) is 3.51. The maximum atomic E-state index is 11.7. The summed E-state index contributed by atoms with van der Waals surface area (Å²) in [6.07, 6.45) is 5.31. The minimum absolute atomic E-state index is 0.183. The Bertz CT molecular complexity index is 333. The van der Waals surface area contributed by atoms with Crippen molar-refractivity contribution in [2.75, 3.05) is 13.1 Å². The molecule has 0 radical (unpaired) electrons. The van der Waals surface area contributed by atoms with Gasteiger partial charge in [-0.05, 0) is 44.7 Å². The molecule has 4 nitrogen and oxygen atoms in total. The van der Waals surface area contributed by atoms with Gasteiger partial charge in [0, 0.05) is 6.04 Å². The van der Waals surface area contributed by atoms with Gasteiger partial charge in [-0.3, -0.25) is 4.90 Å². The molecule has 0 bridgehead atoms. The number of sulfonamides is 1. The van der Waals surface area contributed by atoms with E-state index in [-0.39, 0.29) is 11.3 Å². The Kier molecular flexibility index (Phi) is 3.56. The molecule has 3 atom stereocenters. The highest BCUT2D eigenvalue weighted by Gasteiger charge is 2.43. The number of nitrogens with zero attached hydrogens (tertiary/aromatic N) is 1. The number of piperidine rings is 1. The zero-order valence-corrected chi connectivity index (χ0v) is 10.7. The number of nitrogens with two attached hydrogens (primary N) is 1. The second-order valence-electron chi connectivity index (χ2n) is 5.08. The van der Waals surface area contributed by atoms with Crippen LogP contribution in [0.1, 0.15) is 39.0 Å². The molecular formula is C11H22N2O2S. The number of fused-ring (bicyclic) bond motifs is 1. The second kappa shape index (κ2) is 4.63. The Morgan fingerprint density at radius 2 is 1.94 bits per heavy atom. The van der Waals surface area contributed by atoms with Crippen molar-refractivity contribution in [1.82, 2.24) is 4.90 Å². The first-order valence-corrected chi connectivity index (χ1v) is 7.90. The third-order valence-corrected chi connectivity index (χ3v) is 5.56. The lowest BCUT2D eigenvalue weighted by atomic mass is 9.78. The van der Waals surface area contributed by atoms with Gasteiger partial charge in [0.2, 0.25) is 10.0 Å². The fraction of sp³-hybridized carbons (Fsp3) is 1.00. The summed E-state index contributed by atoms with van der Waals surface area (Å²) < 4.78 is 23.3. The zero-order chi connectivity index (χ0) is 11.8. The third kappa shape index (κ3) is 2.26. The number of rotatable bonds is 2. The van der Waals surface area contributed by atoms with Gasteiger partial charge in [0.05, 0.1) is 5.25 Å². The third-order valence-electron chi connectivity index (χ3n) is 4.20. The number of likely N-dealkylation sites (tertiary alicyclic amines) is 1. The Morgan fingerprint density at radius 1 is 1.25 bits per heavy atom. The van der Waals surface area contributed by atoms with Crippen molar-refractivity contribution < 1.29 is 8.42 Å². The monoisotopic (exact) mass is 246 g/mol. The molecule has 2 aliphatic rings. The summed E-state index contributed by atoms with van der Waals surface area (Å²) in [5.41, 5.74) is 0. The van der Waals surface area contributed by atoms with Crippen LogP contribution in [0.2, 0.25) is 0 Å². The number of primary sulfonamides is 1. The van der Waals surface area contributed by atoms with Crippen LogP contribution in [0.25, 0.3) is 0 Å². The highest BCUT2D eigenvalue weighted by molar-refractivity contribution is 7.89. The molecule has 1 saturated carbocycles. The summed E-state index contributed by atoms with van der Waals surface area (Å²) in [5.74, 6) is 0.547. The van der Waals surface area contributed by atoms with E-state index in [4.69, 9.17) is 5.14 Å². The summed E-state index contributed by atoms with van der Waals surface area (Å²) in [7, 11) is -3.38. The summed E-state index contributed by atoms with van der Waals surface area (Å²) in [4.78, 5) is 2.32. The van der Waals surface area contributed by atoms with Crippen LogP contribution in [0.5, 0.6) is 0 Å². The largest absolute Gasteiger partial charge is 0.299 e. The van der Waals surface area contributed by atoms with E-state index in [0.717, 1.165) is 25.9 Å². The molecule has 0 unspecified atom stereocenters. The number of hydrogen-bond donors (Lipinski definition) is 1. The molecule has 94 valence electrons. The predicted molar refractivity (Wildman–Crippen MR) is 64.5 cm³/mol. The van der Waals surface area contributed by atoms with E-state index in [9.17, 15) is 8.42 Å². The Morgan fingerprint density at radius 3 is 2.56 bits per heavy atom. The van der Waals surface area contributed by atoms with Gasteiger partial charge in [0.15, 0.2) is 0 Å². The molecule has 1 saturated heterocycles. The molecule has 2 N–H and O–H groups in total. The van der Waals surface area contributed by atoms with Crippen molar-refractivity contribution >= 4 is 10.0 Å². The predicted octanol–water partition coefficient (Wildman–Crippen LogP) is 0.928. The van der Waals surface area contributed by atoms with Crippen LogP contribution in [0.15, 0.2) is 0 Å². The van der Waals surface area contributed by atoms with E-state index in [1.54, 1.807) is 0 Å². The van der Waals surface area contributed by atoms with Crippen LogP contribution < -0.4 is 5.14 Å². The lowest BCUT2D eigenvalue weighted by Crippen LogP contribution is -2.57. The van der Waals surface area contributed by atoms with Crippen LogP contribution in [0, 0.1) is 5.92 Å². The quantitative estimate of drug-likeness (QED) is 0.788. The molecule has 1 aliphatic heterocycles. The average molecular weight is 246 g/mol. The van der Waals surface area contributed by atoms with Crippen molar-refractivity contribution in [1.29, 1.82) is 0 Å². The topological polar surface area (TPSA) is 63.4 Å². The summed E-state index contributed by atoms with van der Waals surface area (Å²) in [5, 5.41) is 5.05. The SMILES string of the molecule is CCN1CCC[C@@H]2CCC[C@@H](S(N)(=O)=O)[C@@H]21. The summed E-state index contributed by atoms with van der Waals surface area (Å²) in [6.45, 7) is 4.08. The lowest BCUT2D eigenvalue weighted by molar-refractivity contribution is 0.0683. The second-order valence-corrected chi connectivity index (χ2v) is 6.86. The van der Waals surface area contributed by atoms with Gasteiger partial charge in [-0.15, -0.1) is 0 Å². The zero-order valence-electron chi connectivity index (χ0n) is 9.93. The Balaban J connectivity index is 2.25. The minimum Gasteiger partial charge on any atom is -0.299 e. The molecule has 0 amide bonds. The molecule has 2 fully saturated rings. The lowest BCUT2D eigenvalue weighted by Gasteiger charge is -2.47. The summed E-state index contributed by atoms with van der Waals surface area (Å²) >= 11 is 0. The summed E-state index contributed by atoms with van der Waals surface area (Å²) in [6, 6.07) is 0.183. The van der Waals surface area contributed by atoms with Crippen LogP contribution >= 0.6 is 0 Å². The molecule has 5 heteroatoms. The van der Waals surface area contributed by atoms with Gasteiger partial charge in [-0.2, -0.15) is 0 Å². The molecule has 0 aromatic carbocycles.